The summed E-state index contributed by atoms with van der Waals surface area (Å²) in [6.07, 6.45) is -0.750. The van der Waals surface area contributed by atoms with Crippen LogP contribution in [0.2, 0.25) is 0 Å². The molecule has 1 N–H and O–H groups in total. The lowest BCUT2D eigenvalue weighted by Gasteiger charge is -2.20. The minimum Gasteiger partial charge on any atom is -0.479 e. The fraction of sp³-hybridized carbons (Fsp3) is 0.636. The Kier molecular flexibility index (Phi) is 7.91. The SMILES string of the molecule is C[C@@H](OCC(=O)N(CCC#N)CCC#N)C(=O)O. The Balaban J connectivity index is 4.24. The largest absolute Gasteiger partial charge is 0.479 e. The summed E-state index contributed by atoms with van der Waals surface area (Å²) in [5.74, 6) is -1.57. The summed E-state index contributed by atoms with van der Waals surface area (Å²) in [7, 11) is 0. The maximum absolute atomic E-state index is 11.7. The van der Waals surface area contributed by atoms with Crippen LogP contribution in [0.5, 0.6) is 0 Å². The summed E-state index contributed by atoms with van der Waals surface area (Å²) in [5.41, 5.74) is 0. The molecule has 0 fully saturated rings. The first-order valence-electron chi connectivity index (χ1n) is 5.39. The van der Waals surface area contributed by atoms with Gasteiger partial charge in [0.25, 0.3) is 0 Å². The minimum absolute atomic E-state index is 0.158. The number of carboxylic acids is 1. The zero-order valence-electron chi connectivity index (χ0n) is 10.1. The van der Waals surface area contributed by atoms with Gasteiger partial charge in [0, 0.05) is 13.1 Å². The molecule has 0 unspecified atom stereocenters. The molecule has 18 heavy (non-hydrogen) atoms. The number of aliphatic carboxylic acids is 1. The van der Waals surface area contributed by atoms with Crippen molar-refractivity contribution >= 4 is 11.9 Å². The van der Waals surface area contributed by atoms with Crippen LogP contribution < -0.4 is 0 Å². The van der Waals surface area contributed by atoms with E-state index in [9.17, 15) is 9.59 Å². The van der Waals surface area contributed by atoms with Crippen molar-refractivity contribution < 1.29 is 19.4 Å². The number of hydrogen-bond acceptors (Lipinski definition) is 5. The van der Waals surface area contributed by atoms with Crippen LogP contribution in [-0.4, -0.2) is 47.7 Å². The van der Waals surface area contributed by atoms with Crippen molar-refractivity contribution in [3.8, 4) is 12.1 Å². The van der Waals surface area contributed by atoms with E-state index < -0.39 is 18.0 Å². The number of hydrogen-bond donors (Lipinski definition) is 1. The third-order valence-corrected chi connectivity index (χ3v) is 2.14. The highest BCUT2D eigenvalue weighted by Gasteiger charge is 2.17. The van der Waals surface area contributed by atoms with E-state index in [0.717, 1.165) is 0 Å². The van der Waals surface area contributed by atoms with Crippen molar-refractivity contribution in [1.82, 2.24) is 4.90 Å². The first-order chi connectivity index (χ1) is 8.52. The molecule has 0 saturated carbocycles. The highest BCUT2D eigenvalue weighted by molar-refractivity contribution is 5.78. The van der Waals surface area contributed by atoms with Crippen LogP contribution in [0, 0.1) is 22.7 Å². The molecule has 0 heterocycles. The molecule has 0 aliphatic carbocycles. The van der Waals surface area contributed by atoms with Gasteiger partial charge in [-0.05, 0) is 6.92 Å². The Hall–Kier alpha value is -2.12. The maximum atomic E-state index is 11.7. The molecule has 0 aliphatic heterocycles. The summed E-state index contributed by atoms with van der Waals surface area (Å²) in [6.45, 7) is 1.37. The first kappa shape index (κ1) is 15.9. The lowest BCUT2D eigenvalue weighted by molar-refractivity contribution is -0.152. The number of nitrogens with zero attached hydrogens (tertiary/aromatic N) is 3. The molecule has 0 radical (unpaired) electrons. The second kappa shape index (κ2) is 8.97. The molecule has 7 nitrogen and oxygen atoms in total. The summed E-state index contributed by atoms with van der Waals surface area (Å²) in [5, 5.41) is 25.5. The second-order valence-corrected chi connectivity index (χ2v) is 3.49. The van der Waals surface area contributed by atoms with Crippen molar-refractivity contribution in [3.05, 3.63) is 0 Å². The fourth-order valence-electron chi connectivity index (χ4n) is 1.09. The average Bonchev–Trinajstić information content (AvgIpc) is 2.35. The topological polar surface area (TPSA) is 114 Å². The van der Waals surface area contributed by atoms with Gasteiger partial charge in [-0.25, -0.2) is 4.79 Å². The van der Waals surface area contributed by atoms with Gasteiger partial charge in [-0.2, -0.15) is 10.5 Å². The number of carboxylic acid groups (broad SMARTS) is 1. The number of ether oxygens (including phenoxy) is 1. The van der Waals surface area contributed by atoms with Gasteiger partial charge in [-0.15, -0.1) is 0 Å². The molecule has 0 aliphatic rings. The molecule has 1 atom stereocenters. The van der Waals surface area contributed by atoms with E-state index in [1.54, 1.807) is 0 Å². The molecule has 0 aromatic rings. The standard InChI is InChI=1S/C11H15N3O4/c1-9(11(16)17)18-8-10(15)14(6-2-4-12)7-3-5-13/h9H,2-3,6-8H2,1H3,(H,16,17)/t9-/m1/s1. The smallest absolute Gasteiger partial charge is 0.332 e. The van der Waals surface area contributed by atoms with Crippen molar-refractivity contribution in [3.63, 3.8) is 0 Å². The van der Waals surface area contributed by atoms with Crippen LogP contribution in [0.25, 0.3) is 0 Å². The molecular formula is C11H15N3O4. The number of carbonyl (C=O) groups is 2. The molecule has 0 saturated heterocycles. The van der Waals surface area contributed by atoms with Gasteiger partial charge in [-0.1, -0.05) is 0 Å². The molecule has 0 aromatic carbocycles. The van der Waals surface area contributed by atoms with Gasteiger partial charge in [0.05, 0.1) is 25.0 Å². The van der Waals surface area contributed by atoms with Crippen LogP contribution >= 0.6 is 0 Å². The van der Waals surface area contributed by atoms with Gasteiger partial charge in [0.15, 0.2) is 6.10 Å². The van der Waals surface area contributed by atoms with Crippen molar-refractivity contribution in [2.24, 2.45) is 0 Å². The van der Waals surface area contributed by atoms with Crippen LogP contribution in [-0.2, 0) is 14.3 Å². The number of carbonyl (C=O) groups excluding carboxylic acids is 1. The Bertz CT molecular complexity index is 351. The monoisotopic (exact) mass is 253 g/mol. The first-order valence-corrected chi connectivity index (χ1v) is 5.39. The van der Waals surface area contributed by atoms with Gasteiger partial charge in [0.1, 0.15) is 6.61 Å². The van der Waals surface area contributed by atoms with E-state index in [0.29, 0.717) is 0 Å². The highest BCUT2D eigenvalue weighted by atomic mass is 16.5. The van der Waals surface area contributed by atoms with Crippen molar-refractivity contribution in [1.29, 1.82) is 10.5 Å². The Morgan fingerprint density at radius 3 is 2.17 bits per heavy atom. The normalized spacial score (nSPS) is 11.1. The van der Waals surface area contributed by atoms with Gasteiger partial charge < -0.3 is 14.7 Å². The molecule has 0 rings (SSSR count). The van der Waals surface area contributed by atoms with Crippen molar-refractivity contribution in [2.75, 3.05) is 19.7 Å². The van der Waals surface area contributed by atoms with Gasteiger partial charge >= 0.3 is 5.97 Å². The zero-order valence-corrected chi connectivity index (χ0v) is 10.1. The molecule has 0 aromatic heterocycles. The molecule has 1 amide bonds. The quantitative estimate of drug-likeness (QED) is 0.657. The van der Waals surface area contributed by atoms with E-state index in [2.05, 4.69) is 0 Å². The lowest BCUT2D eigenvalue weighted by atomic mass is 10.3. The van der Waals surface area contributed by atoms with Crippen LogP contribution in [0.3, 0.4) is 0 Å². The van der Waals surface area contributed by atoms with Crippen LogP contribution in [0.4, 0.5) is 0 Å². The average molecular weight is 253 g/mol. The predicted molar refractivity (Wildman–Crippen MR) is 60.1 cm³/mol. The predicted octanol–water partition coefficient (Wildman–Crippen LogP) is 0.132. The number of rotatable bonds is 8. The van der Waals surface area contributed by atoms with Crippen LogP contribution in [0.15, 0.2) is 0 Å². The van der Waals surface area contributed by atoms with Gasteiger partial charge in [0.2, 0.25) is 5.91 Å². The third kappa shape index (κ3) is 6.46. The van der Waals surface area contributed by atoms with E-state index in [1.807, 2.05) is 12.1 Å². The van der Waals surface area contributed by atoms with E-state index in [1.165, 1.54) is 11.8 Å². The summed E-state index contributed by atoms with van der Waals surface area (Å²) in [6, 6.07) is 3.80. The lowest BCUT2D eigenvalue weighted by Crippen LogP contribution is -2.37. The van der Waals surface area contributed by atoms with E-state index >= 15 is 0 Å². The summed E-state index contributed by atoms with van der Waals surface area (Å²) >= 11 is 0. The Labute approximate surface area is 105 Å². The Morgan fingerprint density at radius 1 is 1.28 bits per heavy atom. The number of amides is 1. The molecule has 0 spiro atoms. The maximum Gasteiger partial charge on any atom is 0.332 e. The van der Waals surface area contributed by atoms with E-state index in [4.69, 9.17) is 20.4 Å². The molecule has 0 bridgehead atoms. The molecule has 98 valence electrons. The fourth-order valence-corrected chi connectivity index (χ4v) is 1.09. The van der Waals surface area contributed by atoms with Crippen LogP contribution in [0.1, 0.15) is 19.8 Å². The highest BCUT2D eigenvalue weighted by Crippen LogP contribution is 1.98. The third-order valence-electron chi connectivity index (χ3n) is 2.14. The van der Waals surface area contributed by atoms with E-state index in [-0.39, 0.29) is 32.5 Å². The summed E-state index contributed by atoms with van der Waals surface area (Å²) < 4.78 is 4.85. The second-order valence-electron chi connectivity index (χ2n) is 3.49. The zero-order chi connectivity index (χ0) is 14.0. The number of nitriles is 2. The molecular weight excluding hydrogens is 238 g/mol. The summed E-state index contributed by atoms with van der Waals surface area (Å²) in [4.78, 5) is 23.5. The molecule has 7 heteroatoms. The Morgan fingerprint density at radius 2 is 1.78 bits per heavy atom. The van der Waals surface area contributed by atoms with Gasteiger partial charge in [-0.3, -0.25) is 4.79 Å². The van der Waals surface area contributed by atoms with Crippen molar-refractivity contribution in [2.45, 2.75) is 25.9 Å². The minimum atomic E-state index is -1.15.